The molecular weight excluding hydrogens is 210 g/mol. The SMILES string of the molecule is CCOc1ccn(-c2ccc(Cl)cc2)c1. The minimum Gasteiger partial charge on any atom is -0.492 e. The van der Waals surface area contributed by atoms with Crippen LogP contribution in [0.3, 0.4) is 0 Å². The van der Waals surface area contributed by atoms with Crippen LogP contribution >= 0.6 is 11.6 Å². The van der Waals surface area contributed by atoms with Gasteiger partial charge in [-0.2, -0.15) is 0 Å². The summed E-state index contributed by atoms with van der Waals surface area (Å²) in [7, 11) is 0. The largest absolute Gasteiger partial charge is 0.492 e. The second-order valence-corrected chi connectivity index (χ2v) is 3.60. The number of halogens is 1. The van der Waals surface area contributed by atoms with Crippen LogP contribution in [0.4, 0.5) is 0 Å². The van der Waals surface area contributed by atoms with Gasteiger partial charge in [-0.05, 0) is 37.3 Å². The van der Waals surface area contributed by atoms with Crippen molar-refractivity contribution in [2.24, 2.45) is 0 Å². The van der Waals surface area contributed by atoms with E-state index in [1.54, 1.807) is 0 Å². The predicted molar refractivity (Wildman–Crippen MR) is 61.9 cm³/mol. The van der Waals surface area contributed by atoms with Crippen molar-refractivity contribution >= 4 is 11.6 Å². The molecule has 0 atom stereocenters. The Bertz CT molecular complexity index is 433. The zero-order chi connectivity index (χ0) is 10.7. The van der Waals surface area contributed by atoms with E-state index in [-0.39, 0.29) is 0 Å². The smallest absolute Gasteiger partial charge is 0.137 e. The molecule has 1 heterocycles. The first-order chi connectivity index (χ1) is 7.29. The summed E-state index contributed by atoms with van der Waals surface area (Å²) in [6.07, 6.45) is 3.92. The second kappa shape index (κ2) is 4.41. The summed E-state index contributed by atoms with van der Waals surface area (Å²) in [5.74, 6) is 0.882. The highest BCUT2D eigenvalue weighted by atomic mass is 35.5. The standard InChI is InChI=1S/C12H12ClNO/c1-2-15-12-7-8-14(9-12)11-5-3-10(13)4-6-11/h3-9H,2H2,1H3. The molecule has 1 aromatic heterocycles. The number of hydrogen-bond acceptors (Lipinski definition) is 1. The number of rotatable bonds is 3. The van der Waals surface area contributed by atoms with Crippen LogP contribution in [-0.2, 0) is 0 Å². The summed E-state index contributed by atoms with van der Waals surface area (Å²) >= 11 is 5.82. The van der Waals surface area contributed by atoms with Gasteiger partial charge >= 0.3 is 0 Å². The average molecular weight is 222 g/mol. The van der Waals surface area contributed by atoms with Gasteiger partial charge in [-0.15, -0.1) is 0 Å². The molecule has 0 N–H and O–H groups in total. The van der Waals surface area contributed by atoms with E-state index in [2.05, 4.69) is 0 Å². The lowest BCUT2D eigenvalue weighted by molar-refractivity contribution is 0.340. The van der Waals surface area contributed by atoms with Crippen molar-refractivity contribution in [1.82, 2.24) is 4.57 Å². The van der Waals surface area contributed by atoms with Crippen molar-refractivity contribution < 1.29 is 4.74 Å². The Morgan fingerprint density at radius 3 is 2.60 bits per heavy atom. The Morgan fingerprint density at radius 1 is 1.20 bits per heavy atom. The van der Waals surface area contributed by atoms with Crippen LogP contribution in [0, 0.1) is 0 Å². The Hall–Kier alpha value is -1.41. The van der Waals surface area contributed by atoms with Gasteiger partial charge < -0.3 is 9.30 Å². The molecule has 0 aliphatic rings. The van der Waals surface area contributed by atoms with E-state index in [0.29, 0.717) is 6.61 Å². The number of ether oxygens (including phenoxy) is 1. The summed E-state index contributed by atoms with van der Waals surface area (Å²) in [4.78, 5) is 0. The molecule has 0 saturated carbocycles. The fraction of sp³-hybridized carbons (Fsp3) is 0.167. The van der Waals surface area contributed by atoms with Crippen LogP contribution in [0.15, 0.2) is 42.7 Å². The molecule has 1 aromatic carbocycles. The van der Waals surface area contributed by atoms with Crippen molar-refractivity contribution in [3.8, 4) is 11.4 Å². The van der Waals surface area contributed by atoms with Crippen molar-refractivity contribution in [3.05, 3.63) is 47.7 Å². The monoisotopic (exact) mass is 221 g/mol. The quantitative estimate of drug-likeness (QED) is 0.774. The Morgan fingerprint density at radius 2 is 1.93 bits per heavy atom. The summed E-state index contributed by atoms with van der Waals surface area (Å²) in [5.41, 5.74) is 1.07. The number of aromatic nitrogens is 1. The molecule has 0 amide bonds. The van der Waals surface area contributed by atoms with Crippen molar-refractivity contribution in [2.45, 2.75) is 6.92 Å². The van der Waals surface area contributed by atoms with E-state index in [1.807, 2.05) is 54.2 Å². The maximum absolute atomic E-state index is 5.82. The summed E-state index contributed by atoms with van der Waals surface area (Å²) in [6.45, 7) is 2.66. The van der Waals surface area contributed by atoms with Gasteiger partial charge in [0.05, 0.1) is 12.8 Å². The molecule has 2 rings (SSSR count). The van der Waals surface area contributed by atoms with Gasteiger partial charge in [-0.25, -0.2) is 0 Å². The summed E-state index contributed by atoms with van der Waals surface area (Å²) < 4.78 is 7.39. The second-order valence-electron chi connectivity index (χ2n) is 3.16. The molecule has 0 fully saturated rings. The molecule has 0 bridgehead atoms. The first-order valence-electron chi connectivity index (χ1n) is 4.86. The zero-order valence-corrected chi connectivity index (χ0v) is 9.24. The molecule has 0 unspecified atom stereocenters. The lowest BCUT2D eigenvalue weighted by Crippen LogP contribution is -1.91. The van der Waals surface area contributed by atoms with E-state index in [4.69, 9.17) is 16.3 Å². The molecule has 0 aliphatic heterocycles. The molecule has 0 saturated heterocycles. The van der Waals surface area contributed by atoms with Crippen molar-refractivity contribution in [2.75, 3.05) is 6.61 Å². The summed E-state index contributed by atoms with van der Waals surface area (Å²) in [6, 6.07) is 9.63. The minimum absolute atomic E-state index is 0.685. The Balaban J connectivity index is 2.25. The molecular formula is C12H12ClNO. The molecule has 2 aromatic rings. The topological polar surface area (TPSA) is 14.2 Å². The zero-order valence-electron chi connectivity index (χ0n) is 8.48. The molecule has 15 heavy (non-hydrogen) atoms. The molecule has 0 spiro atoms. The molecule has 0 radical (unpaired) electrons. The third kappa shape index (κ3) is 2.34. The first kappa shape index (κ1) is 10.1. The Labute approximate surface area is 94.1 Å². The minimum atomic E-state index is 0.685. The number of nitrogens with zero attached hydrogens (tertiary/aromatic N) is 1. The molecule has 3 heteroatoms. The number of benzene rings is 1. The van der Waals surface area contributed by atoms with Crippen LogP contribution in [0.25, 0.3) is 5.69 Å². The lowest BCUT2D eigenvalue weighted by atomic mass is 10.3. The fourth-order valence-electron chi connectivity index (χ4n) is 1.40. The highest BCUT2D eigenvalue weighted by molar-refractivity contribution is 6.30. The molecule has 2 nitrogen and oxygen atoms in total. The van der Waals surface area contributed by atoms with Gasteiger partial charge in [-0.1, -0.05) is 11.6 Å². The van der Waals surface area contributed by atoms with E-state index in [1.165, 1.54) is 0 Å². The van der Waals surface area contributed by atoms with E-state index < -0.39 is 0 Å². The number of hydrogen-bond donors (Lipinski definition) is 0. The van der Waals surface area contributed by atoms with E-state index in [9.17, 15) is 0 Å². The molecule has 78 valence electrons. The predicted octanol–water partition coefficient (Wildman–Crippen LogP) is 3.53. The first-order valence-corrected chi connectivity index (χ1v) is 5.24. The highest BCUT2D eigenvalue weighted by Gasteiger charge is 1.98. The van der Waals surface area contributed by atoms with Crippen molar-refractivity contribution in [3.63, 3.8) is 0 Å². The average Bonchev–Trinajstić information content (AvgIpc) is 2.68. The van der Waals surface area contributed by atoms with Crippen LogP contribution in [0.2, 0.25) is 5.02 Å². The normalized spacial score (nSPS) is 10.3. The van der Waals surface area contributed by atoms with Gasteiger partial charge in [0.1, 0.15) is 5.75 Å². The lowest BCUT2D eigenvalue weighted by Gasteiger charge is -2.02. The van der Waals surface area contributed by atoms with Gasteiger partial charge in [0.15, 0.2) is 0 Å². The fourth-order valence-corrected chi connectivity index (χ4v) is 1.53. The maximum Gasteiger partial charge on any atom is 0.137 e. The van der Waals surface area contributed by atoms with Gasteiger partial charge in [0.2, 0.25) is 0 Å². The highest BCUT2D eigenvalue weighted by Crippen LogP contribution is 2.18. The van der Waals surface area contributed by atoms with Crippen LogP contribution < -0.4 is 4.74 Å². The van der Waals surface area contributed by atoms with E-state index in [0.717, 1.165) is 16.5 Å². The summed E-state index contributed by atoms with van der Waals surface area (Å²) in [5, 5.41) is 0.746. The Kier molecular flexibility index (Phi) is 2.97. The third-order valence-corrected chi connectivity index (χ3v) is 2.35. The van der Waals surface area contributed by atoms with Gasteiger partial charge in [0, 0.05) is 16.9 Å². The van der Waals surface area contributed by atoms with E-state index >= 15 is 0 Å². The van der Waals surface area contributed by atoms with Crippen LogP contribution in [-0.4, -0.2) is 11.2 Å². The van der Waals surface area contributed by atoms with Crippen LogP contribution in [0.5, 0.6) is 5.75 Å². The third-order valence-electron chi connectivity index (χ3n) is 2.10. The van der Waals surface area contributed by atoms with Gasteiger partial charge in [0.25, 0.3) is 0 Å². The maximum atomic E-state index is 5.82. The van der Waals surface area contributed by atoms with Crippen LogP contribution in [0.1, 0.15) is 6.92 Å². The van der Waals surface area contributed by atoms with Gasteiger partial charge in [-0.3, -0.25) is 0 Å². The van der Waals surface area contributed by atoms with Crippen molar-refractivity contribution in [1.29, 1.82) is 0 Å². The molecule has 0 aliphatic carbocycles.